The van der Waals surface area contributed by atoms with Gasteiger partial charge in [0, 0.05) is 43.0 Å². The highest BCUT2D eigenvalue weighted by atomic mass is 16.5. The van der Waals surface area contributed by atoms with Gasteiger partial charge >= 0.3 is 0 Å². The second kappa shape index (κ2) is 10.9. The van der Waals surface area contributed by atoms with Crippen LogP contribution < -0.4 is 10.1 Å². The van der Waals surface area contributed by atoms with Gasteiger partial charge < -0.3 is 19.9 Å². The molecule has 0 atom stereocenters. The van der Waals surface area contributed by atoms with E-state index < -0.39 is 0 Å². The lowest BCUT2D eigenvalue weighted by atomic mass is 10.1. The van der Waals surface area contributed by atoms with E-state index in [0.717, 1.165) is 5.56 Å². The van der Waals surface area contributed by atoms with Crippen LogP contribution in [0.3, 0.4) is 0 Å². The van der Waals surface area contributed by atoms with E-state index >= 15 is 0 Å². The number of benzene rings is 3. The number of para-hydroxylation sites is 1. The Labute approximate surface area is 205 Å². The van der Waals surface area contributed by atoms with Crippen LogP contribution in [0.15, 0.2) is 72.8 Å². The zero-order valence-electron chi connectivity index (χ0n) is 20.0. The number of hydrogen-bond acceptors (Lipinski definition) is 4. The molecule has 1 fully saturated rings. The maximum Gasteiger partial charge on any atom is 0.257 e. The molecule has 180 valence electrons. The van der Waals surface area contributed by atoms with E-state index in [-0.39, 0.29) is 17.7 Å². The van der Waals surface area contributed by atoms with Gasteiger partial charge in [0.1, 0.15) is 5.75 Å². The molecular weight excluding hydrogens is 442 g/mol. The standard InChI is InChI=1S/C28H29N3O4/c1-20-13-14-22(19-24(20)29-26(32)21-9-4-3-5-10-21)27(33)30-15-8-16-31(18-17-30)28(34)23-11-6-7-12-25(23)35-2/h3-7,9-14,19H,8,15-18H2,1-2H3,(H,29,32). The molecular formula is C28H29N3O4. The van der Waals surface area contributed by atoms with Gasteiger partial charge in [0.05, 0.1) is 12.7 Å². The molecule has 0 spiro atoms. The molecule has 1 N–H and O–H groups in total. The minimum Gasteiger partial charge on any atom is -0.496 e. The van der Waals surface area contributed by atoms with Gasteiger partial charge in [0.25, 0.3) is 17.7 Å². The number of amides is 3. The summed E-state index contributed by atoms with van der Waals surface area (Å²) in [5.74, 6) is 0.0998. The number of hydrogen-bond donors (Lipinski definition) is 1. The van der Waals surface area contributed by atoms with Gasteiger partial charge in [-0.15, -0.1) is 0 Å². The number of ether oxygens (including phenoxy) is 1. The van der Waals surface area contributed by atoms with E-state index in [1.165, 1.54) is 0 Å². The highest BCUT2D eigenvalue weighted by molar-refractivity contribution is 6.05. The van der Waals surface area contributed by atoms with E-state index in [4.69, 9.17) is 4.74 Å². The molecule has 0 saturated carbocycles. The molecule has 1 heterocycles. The Morgan fingerprint density at radius 1 is 0.771 bits per heavy atom. The highest BCUT2D eigenvalue weighted by Gasteiger charge is 2.25. The van der Waals surface area contributed by atoms with Crippen molar-refractivity contribution in [1.29, 1.82) is 0 Å². The first kappa shape index (κ1) is 24.0. The van der Waals surface area contributed by atoms with Gasteiger partial charge in [-0.1, -0.05) is 36.4 Å². The van der Waals surface area contributed by atoms with Crippen LogP contribution in [0.1, 0.15) is 43.1 Å². The van der Waals surface area contributed by atoms with Crippen LogP contribution in [-0.2, 0) is 0 Å². The summed E-state index contributed by atoms with van der Waals surface area (Å²) in [7, 11) is 1.55. The Morgan fingerprint density at radius 3 is 2.14 bits per heavy atom. The maximum atomic E-state index is 13.3. The Bertz CT molecular complexity index is 1230. The third-order valence-corrected chi connectivity index (χ3v) is 6.18. The summed E-state index contributed by atoms with van der Waals surface area (Å²) in [5.41, 5.74) is 3.05. The van der Waals surface area contributed by atoms with E-state index in [1.807, 2.05) is 43.3 Å². The SMILES string of the molecule is COc1ccccc1C(=O)N1CCCN(C(=O)c2ccc(C)c(NC(=O)c3ccccc3)c2)CC1. The first-order valence-electron chi connectivity index (χ1n) is 11.7. The van der Waals surface area contributed by atoms with Crippen molar-refractivity contribution in [2.24, 2.45) is 0 Å². The van der Waals surface area contributed by atoms with Crippen molar-refractivity contribution in [2.45, 2.75) is 13.3 Å². The number of nitrogens with zero attached hydrogens (tertiary/aromatic N) is 2. The molecule has 1 saturated heterocycles. The number of methoxy groups -OCH3 is 1. The largest absolute Gasteiger partial charge is 0.496 e. The van der Waals surface area contributed by atoms with Gasteiger partial charge in [-0.3, -0.25) is 14.4 Å². The van der Waals surface area contributed by atoms with Gasteiger partial charge in [-0.25, -0.2) is 0 Å². The summed E-state index contributed by atoms with van der Waals surface area (Å²) in [5, 5.41) is 2.91. The van der Waals surface area contributed by atoms with Crippen LogP contribution in [0.2, 0.25) is 0 Å². The molecule has 3 amide bonds. The molecule has 35 heavy (non-hydrogen) atoms. The third kappa shape index (κ3) is 5.51. The number of aryl methyl sites for hydroxylation is 1. The minimum absolute atomic E-state index is 0.0991. The molecule has 7 nitrogen and oxygen atoms in total. The molecule has 1 aliphatic rings. The van der Waals surface area contributed by atoms with Gasteiger partial charge in [-0.05, 0) is 55.3 Å². The van der Waals surface area contributed by atoms with Gasteiger partial charge in [-0.2, -0.15) is 0 Å². The van der Waals surface area contributed by atoms with Gasteiger partial charge in [0.2, 0.25) is 0 Å². The molecule has 0 aliphatic carbocycles. The summed E-state index contributed by atoms with van der Waals surface area (Å²) in [6.07, 6.45) is 0.677. The molecule has 0 aromatic heterocycles. The fourth-order valence-corrected chi connectivity index (χ4v) is 4.17. The fraction of sp³-hybridized carbons (Fsp3) is 0.250. The number of carbonyl (C=O) groups excluding carboxylic acids is 3. The van der Waals surface area contributed by atoms with Crippen molar-refractivity contribution in [3.8, 4) is 5.75 Å². The topological polar surface area (TPSA) is 79.0 Å². The van der Waals surface area contributed by atoms with Crippen LogP contribution in [-0.4, -0.2) is 60.8 Å². The average molecular weight is 472 g/mol. The number of anilines is 1. The van der Waals surface area contributed by atoms with Crippen LogP contribution in [0.4, 0.5) is 5.69 Å². The normalized spacial score (nSPS) is 13.7. The Hall–Kier alpha value is -4.13. The van der Waals surface area contributed by atoms with Gasteiger partial charge in [0.15, 0.2) is 0 Å². The Balaban J connectivity index is 1.45. The van der Waals surface area contributed by atoms with Crippen molar-refractivity contribution in [1.82, 2.24) is 9.80 Å². The van der Waals surface area contributed by atoms with Crippen LogP contribution >= 0.6 is 0 Å². The predicted molar refractivity (Wildman–Crippen MR) is 135 cm³/mol. The smallest absolute Gasteiger partial charge is 0.257 e. The quantitative estimate of drug-likeness (QED) is 0.604. The molecule has 0 bridgehead atoms. The lowest BCUT2D eigenvalue weighted by Gasteiger charge is -2.23. The minimum atomic E-state index is -0.224. The predicted octanol–water partition coefficient (Wildman–Crippen LogP) is 4.24. The highest BCUT2D eigenvalue weighted by Crippen LogP contribution is 2.22. The molecule has 7 heteroatoms. The van der Waals surface area contributed by atoms with Crippen molar-refractivity contribution in [3.63, 3.8) is 0 Å². The van der Waals surface area contributed by atoms with E-state index in [1.54, 1.807) is 53.3 Å². The molecule has 4 rings (SSSR count). The van der Waals surface area contributed by atoms with Crippen LogP contribution in [0.25, 0.3) is 0 Å². The lowest BCUT2D eigenvalue weighted by molar-refractivity contribution is 0.0717. The average Bonchev–Trinajstić information content (AvgIpc) is 3.16. The first-order chi connectivity index (χ1) is 17.0. The maximum absolute atomic E-state index is 13.3. The van der Waals surface area contributed by atoms with Crippen molar-refractivity contribution in [2.75, 3.05) is 38.6 Å². The number of rotatable bonds is 5. The molecule has 1 aliphatic heterocycles. The lowest BCUT2D eigenvalue weighted by Crippen LogP contribution is -2.37. The summed E-state index contributed by atoms with van der Waals surface area (Å²) >= 11 is 0. The second-order valence-corrected chi connectivity index (χ2v) is 8.49. The molecule has 3 aromatic carbocycles. The second-order valence-electron chi connectivity index (χ2n) is 8.49. The van der Waals surface area contributed by atoms with E-state index in [2.05, 4.69) is 5.32 Å². The van der Waals surface area contributed by atoms with Crippen molar-refractivity contribution < 1.29 is 19.1 Å². The summed E-state index contributed by atoms with van der Waals surface area (Å²) in [6, 6.07) is 21.5. The molecule has 3 aromatic rings. The number of carbonyl (C=O) groups is 3. The molecule has 0 radical (unpaired) electrons. The first-order valence-corrected chi connectivity index (χ1v) is 11.7. The third-order valence-electron chi connectivity index (χ3n) is 6.18. The van der Waals surface area contributed by atoms with E-state index in [9.17, 15) is 14.4 Å². The van der Waals surface area contributed by atoms with Crippen molar-refractivity contribution >= 4 is 23.4 Å². The fourth-order valence-electron chi connectivity index (χ4n) is 4.17. The zero-order chi connectivity index (χ0) is 24.8. The van der Waals surface area contributed by atoms with Crippen molar-refractivity contribution in [3.05, 3.63) is 95.1 Å². The zero-order valence-corrected chi connectivity index (χ0v) is 20.0. The number of nitrogens with one attached hydrogen (secondary N) is 1. The monoisotopic (exact) mass is 471 g/mol. The summed E-state index contributed by atoms with van der Waals surface area (Å²) in [6.45, 7) is 3.87. The van der Waals surface area contributed by atoms with E-state index in [0.29, 0.717) is 60.7 Å². The van der Waals surface area contributed by atoms with Crippen LogP contribution in [0.5, 0.6) is 5.75 Å². The Morgan fingerprint density at radius 2 is 1.43 bits per heavy atom. The summed E-state index contributed by atoms with van der Waals surface area (Å²) < 4.78 is 5.34. The summed E-state index contributed by atoms with van der Waals surface area (Å²) in [4.78, 5) is 42.5. The van der Waals surface area contributed by atoms with Crippen LogP contribution in [0, 0.1) is 6.92 Å². The Kier molecular flexibility index (Phi) is 7.45. The molecule has 0 unspecified atom stereocenters.